The van der Waals surface area contributed by atoms with E-state index < -0.39 is 0 Å². The lowest BCUT2D eigenvalue weighted by atomic mass is 10.2. The monoisotopic (exact) mass is 443 g/mol. The van der Waals surface area contributed by atoms with Gasteiger partial charge in [0, 0.05) is 55.0 Å². The summed E-state index contributed by atoms with van der Waals surface area (Å²) in [7, 11) is 1.76. The van der Waals surface area contributed by atoms with E-state index >= 15 is 0 Å². The second-order valence-corrected chi connectivity index (χ2v) is 7.59. The molecule has 1 atom stereocenters. The summed E-state index contributed by atoms with van der Waals surface area (Å²) in [6.45, 7) is 3.10. The number of nitrogens with zero attached hydrogens (tertiary/aromatic N) is 2. The zero-order chi connectivity index (χ0) is 19.8. The van der Waals surface area contributed by atoms with Gasteiger partial charge in [-0.25, -0.2) is 0 Å². The van der Waals surface area contributed by atoms with Gasteiger partial charge in [0.2, 0.25) is 0 Å². The zero-order valence-corrected chi connectivity index (χ0v) is 17.6. The number of guanidine groups is 1. The predicted octanol–water partition coefficient (Wildman–Crippen LogP) is 2.62. The maximum absolute atomic E-state index is 12.0. The zero-order valence-electron chi connectivity index (χ0n) is 16.0. The summed E-state index contributed by atoms with van der Waals surface area (Å²) < 4.78 is 1.09. The highest BCUT2D eigenvalue weighted by Crippen LogP contribution is 2.22. The summed E-state index contributed by atoms with van der Waals surface area (Å²) in [6, 6.07) is 18.0. The van der Waals surface area contributed by atoms with Crippen molar-refractivity contribution in [1.29, 1.82) is 0 Å². The molecule has 0 aliphatic carbocycles. The number of nitrogens with one attached hydrogen (secondary N) is 3. The van der Waals surface area contributed by atoms with E-state index in [1.165, 1.54) is 5.69 Å². The van der Waals surface area contributed by atoms with Gasteiger partial charge in [-0.15, -0.1) is 0 Å². The van der Waals surface area contributed by atoms with Crippen LogP contribution in [0.3, 0.4) is 0 Å². The number of anilines is 1. The SMILES string of the molecule is CN=C(NCCNC(=O)c1ccccc1)NC1CCN(c2ccc(Br)cc2)C1. The lowest BCUT2D eigenvalue weighted by molar-refractivity contribution is 0.0954. The maximum Gasteiger partial charge on any atom is 0.251 e. The van der Waals surface area contributed by atoms with E-state index in [9.17, 15) is 4.79 Å². The highest BCUT2D eigenvalue weighted by molar-refractivity contribution is 9.10. The lowest BCUT2D eigenvalue weighted by Crippen LogP contribution is -2.46. The molecule has 0 aromatic heterocycles. The number of halogens is 1. The Hall–Kier alpha value is -2.54. The quantitative estimate of drug-likeness (QED) is 0.364. The smallest absolute Gasteiger partial charge is 0.251 e. The number of rotatable bonds is 6. The molecule has 0 saturated carbocycles. The Morgan fingerprint density at radius 1 is 1.11 bits per heavy atom. The number of hydrogen-bond acceptors (Lipinski definition) is 3. The first-order valence-corrected chi connectivity index (χ1v) is 10.3. The van der Waals surface area contributed by atoms with Crippen LogP contribution in [0.5, 0.6) is 0 Å². The molecule has 3 rings (SSSR count). The van der Waals surface area contributed by atoms with Crippen LogP contribution in [0.2, 0.25) is 0 Å². The third-order valence-electron chi connectivity index (χ3n) is 4.68. The Morgan fingerprint density at radius 3 is 2.54 bits per heavy atom. The molecule has 2 aromatic carbocycles. The topological polar surface area (TPSA) is 68.8 Å². The first-order chi connectivity index (χ1) is 13.7. The average molecular weight is 444 g/mol. The Balaban J connectivity index is 1.39. The summed E-state index contributed by atoms with van der Waals surface area (Å²) >= 11 is 3.48. The highest BCUT2D eigenvalue weighted by Gasteiger charge is 2.23. The van der Waals surface area contributed by atoms with Crippen LogP contribution < -0.4 is 20.9 Å². The van der Waals surface area contributed by atoms with Gasteiger partial charge in [0.25, 0.3) is 5.91 Å². The minimum atomic E-state index is -0.0636. The van der Waals surface area contributed by atoms with Gasteiger partial charge in [0.1, 0.15) is 0 Å². The van der Waals surface area contributed by atoms with Crippen LogP contribution in [0.4, 0.5) is 5.69 Å². The average Bonchev–Trinajstić information content (AvgIpc) is 3.19. The van der Waals surface area contributed by atoms with Crippen LogP contribution >= 0.6 is 15.9 Å². The van der Waals surface area contributed by atoms with Gasteiger partial charge >= 0.3 is 0 Å². The Labute approximate surface area is 174 Å². The van der Waals surface area contributed by atoms with Gasteiger partial charge in [-0.05, 0) is 42.8 Å². The molecule has 28 heavy (non-hydrogen) atoms. The van der Waals surface area contributed by atoms with E-state index in [1.807, 2.05) is 18.2 Å². The fourth-order valence-corrected chi connectivity index (χ4v) is 3.47. The summed E-state index contributed by atoms with van der Waals surface area (Å²) in [4.78, 5) is 18.7. The number of hydrogen-bond donors (Lipinski definition) is 3. The summed E-state index contributed by atoms with van der Waals surface area (Å²) in [6.07, 6.45) is 1.06. The third kappa shape index (κ3) is 5.73. The Kier molecular flexibility index (Phi) is 7.31. The van der Waals surface area contributed by atoms with E-state index in [1.54, 1.807) is 19.2 Å². The lowest BCUT2D eigenvalue weighted by Gasteiger charge is -2.20. The Morgan fingerprint density at radius 2 is 1.82 bits per heavy atom. The van der Waals surface area contributed by atoms with Gasteiger partial charge in [-0.1, -0.05) is 34.1 Å². The molecule has 1 aliphatic rings. The van der Waals surface area contributed by atoms with Crippen LogP contribution in [-0.4, -0.2) is 51.1 Å². The van der Waals surface area contributed by atoms with Gasteiger partial charge in [-0.3, -0.25) is 9.79 Å². The largest absolute Gasteiger partial charge is 0.369 e. The molecule has 0 spiro atoms. The van der Waals surface area contributed by atoms with Crippen molar-refractivity contribution in [3.05, 3.63) is 64.6 Å². The molecule has 3 N–H and O–H groups in total. The summed E-state index contributed by atoms with van der Waals surface area (Å²) in [5.41, 5.74) is 1.91. The molecule has 148 valence electrons. The molecule has 1 heterocycles. The number of carbonyl (C=O) groups is 1. The molecular weight excluding hydrogens is 418 g/mol. The van der Waals surface area contributed by atoms with E-state index in [2.05, 4.69) is 66.0 Å². The molecule has 2 aromatic rings. The minimum absolute atomic E-state index is 0.0636. The molecule has 1 aliphatic heterocycles. The normalized spacial score (nSPS) is 16.7. The number of aliphatic imine (C=N–C) groups is 1. The van der Waals surface area contributed by atoms with Crippen molar-refractivity contribution in [1.82, 2.24) is 16.0 Å². The highest BCUT2D eigenvalue weighted by atomic mass is 79.9. The van der Waals surface area contributed by atoms with Crippen molar-refractivity contribution in [2.75, 3.05) is 38.1 Å². The summed E-state index contributed by atoms with van der Waals surface area (Å²) in [5, 5.41) is 9.65. The van der Waals surface area contributed by atoms with Crippen LogP contribution in [-0.2, 0) is 0 Å². The van der Waals surface area contributed by atoms with Gasteiger partial charge < -0.3 is 20.9 Å². The van der Waals surface area contributed by atoms with Crippen LogP contribution in [0, 0.1) is 0 Å². The third-order valence-corrected chi connectivity index (χ3v) is 5.21. The van der Waals surface area contributed by atoms with Gasteiger partial charge in [0.05, 0.1) is 0 Å². The van der Waals surface area contributed by atoms with Crippen molar-refractivity contribution in [2.45, 2.75) is 12.5 Å². The fraction of sp³-hybridized carbons (Fsp3) is 0.333. The molecule has 1 fully saturated rings. The van der Waals surface area contributed by atoms with Crippen molar-refractivity contribution in [3.63, 3.8) is 0 Å². The molecule has 0 radical (unpaired) electrons. The fourth-order valence-electron chi connectivity index (χ4n) is 3.20. The van der Waals surface area contributed by atoms with Crippen LogP contribution in [0.1, 0.15) is 16.8 Å². The van der Waals surface area contributed by atoms with Crippen LogP contribution in [0.25, 0.3) is 0 Å². The van der Waals surface area contributed by atoms with Gasteiger partial charge in [0.15, 0.2) is 5.96 Å². The summed E-state index contributed by atoms with van der Waals surface area (Å²) in [5.74, 6) is 0.697. The van der Waals surface area contributed by atoms with E-state index in [0.29, 0.717) is 24.7 Å². The molecular formula is C21H26BrN5O. The van der Waals surface area contributed by atoms with Crippen LogP contribution in [0.15, 0.2) is 64.1 Å². The van der Waals surface area contributed by atoms with E-state index in [4.69, 9.17) is 0 Å². The van der Waals surface area contributed by atoms with E-state index in [-0.39, 0.29) is 5.91 Å². The number of carbonyl (C=O) groups excluding carboxylic acids is 1. The number of amides is 1. The van der Waals surface area contributed by atoms with Crippen molar-refractivity contribution >= 4 is 33.5 Å². The van der Waals surface area contributed by atoms with Crippen molar-refractivity contribution in [3.8, 4) is 0 Å². The molecule has 0 bridgehead atoms. The standard InChI is InChI=1S/C21H26BrN5O/c1-23-21(25-13-12-24-20(28)16-5-3-2-4-6-16)26-18-11-14-27(15-18)19-9-7-17(22)8-10-19/h2-10,18H,11-15H2,1H3,(H,24,28)(H2,23,25,26). The molecule has 6 nitrogen and oxygen atoms in total. The molecule has 1 amide bonds. The first-order valence-electron chi connectivity index (χ1n) is 9.46. The molecule has 1 unspecified atom stereocenters. The van der Waals surface area contributed by atoms with Crippen molar-refractivity contribution in [2.24, 2.45) is 4.99 Å². The second-order valence-electron chi connectivity index (χ2n) is 6.67. The second kappa shape index (κ2) is 10.1. The molecule has 1 saturated heterocycles. The first kappa shape index (κ1) is 20.2. The predicted molar refractivity (Wildman–Crippen MR) is 118 cm³/mol. The number of benzene rings is 2. The molecule has 7 heteroatoms. The van der Waals surface area contributed by atoms with Gasteiger partial charge in [-0.2, -0.15) is 0 Å². The minimum Gasteiger partial charge on any atom is -0.369 e. The van der Waals surface area contributed by atoms with E-state index in [0.717, 1.165) is 29.9 Å². The Bertz CT molecular complexity index is 794. The maximum atomic E-state index is 12.0. The van der Waals surface area contributed by atoms with Crippen molar-refractivity contribution < 1.29 is 4.79 Å².